The van der Waals surface area contributed by atoms with Crippen LogP contribution < -0.4 is 10.1 Å². The molecule has 0 aromatic heterocycles. The van der Waals surface area contributed by atoms with Gasteiger partial charge in [-0.2, -0.15) is 5.26 Å². The summed E-state index contributed by atoms with van der Waals surface area (Å²) in [5.41, 5.74) is 1.05. The molecule has 1 unspecified atom stereocenters. The van der Waals surface area contributed by atoms with E-state index in [0.717, 1.165) is 0 Å². The number of carbonyl (C=O) groups excluding carboxylic acids is 2. The van der Waals surface area contributed by atoms with E-state index in [0.29, 0.717) is 55.8 Å². The monoisotopic (exact) mass is 423 g/mol. The number of rotatable bonds is 7. The van der Waals surface area contributed by atoms with Crippen molar-refractivity contribution < 1.29 is 18.7 Å². The van der Waals surface area contributed by atoms with Gasteiger partial charge in [0.25, 0.3) is 5.91 Å². The molecule has 162 valence electrons. The topological polar surface area (TPSA) is 82.4 Å². The average molecular weight is 423 g/mol. The third-order valence-electron chi connectivity index (χ3n) is 5.45. The lowest BCUT2D eigenvalue weighted by Crippen LogP contribution is -2.47. The lowest BCUT2D eigenvalue weighted by molar-refractivity contribution is -0.141. The van der Waals surface area contributed by atoms with Crippen LogP contribution in [0.25, 0.3) is 0 Å². The second-order valence-electron chi connectivity index (χ2n) is 7.63. The summed E-state index contributed by atoms with van der Waals surface area (Å²) in [4.78, 5) is 26.8. The van der Waals surface area contributed by atoms with Crippen molar-refractivity contribution in [2.45, 2.75) is 32.3 Å². The van der Waals surface area contributed by atoms with E-state index in [1.807, 2.05) is 6.07 Å². The summed E-state index contributed by atoms with van der Waals surface area (Å²) in [5, 5.41) is 11.9. The molecular weight excluding hydrogens is 397 g/mol. The van der Waals surface area contributed by atoms with Crippen molar-refractivity contribution in [1.29, 1.82) is 5.26 Å². The summed E-state index contributed by atoms with van der Waals surface area (Å²) in [7, 11) is 0. The second-order valence-corrected chi connectivity index (χ2v) is 7.63. The van der Waals surface area contributed by atoms with Gasteiger partial charge in [-0.15, -0.1) is 0 Å². The van der Waals surface area contributed by atoms with Gasteiger partial charge in [0.1, 0.15) is 11.6 Å². The van der Waals surface area contributed by atoms with Gasteiger partial charge in [0.05, 0.1) is 11.6 Å². The molecule has 0 spiro atoms. The number of hydrogen-bond acceptors (Lipinski definition) is 4. The molecule has 0 saturated carbocycles. The number of amides is 2. The van der Waals surface area contributed by atoms with Crippen LogP contribution in [0.3, 0.4) is 0 Å². The van der Waals surface area contributed by atoms with Gasteiger partial charge in [0, 0.05) is 25.6 Å². The Morgan fingerprint density at radius 1 is 1.23 bits per heavy atom. The minimum Gasteiger partial charge on any atom is -0.481 e. The number of halogens is 1. The fourth-order valence-corrected chi connectivity index (χ4v) is 3.68. The van der Waals surface area contributed by atoms with Crippen LogP contribution in [-0.2, 0) is 16.0 Å². The first-order valence-electron chi connectivity index (χ1n) is 10.4. The minimum atomic E-state index is -0.680. The van der Waals surface area contributed by atoms with E-state index in [9.17, 15) is 14.0 Å². The maximum atomic E-state index is 13.7. The van der Waals surface area contributed by atoms with E-state index < -0.39 is 6.10 Å². The Labute approximate surface area is 181 Å². The smallest absolute Gasteiger partial charge is 0.263 e. The molecule has 1 heterocycles. The molecule has 2 aromatic rings. The lowest BCUT2D eigenvalue weighted by Gasteiger charge is -2.33. The molecule has 1 fully saturated rings. The molecular formula is C24H26FN3O3. The lowest BCUT2D eigenvalue weighted by atomic mass is 9.95. The Kier molecular flexibility index (Phi) is 7.60. The fourth-order valence-electron chi connectivity index (χ4n) is 3.68. The van der Waals surface area contributed by atoms with Crippen molar-refractivity contribution in [3.8, 4) is 11.8 Å². The van der Waals surface area contributed by atoms with E-state index >= 15 is 0 Å². The van der Waals surface area contributed by atoms with Crippen LogP contribution in [0.5, 0.6) is 5.75 Å². The summed E-state index contributed by atoms with van der Waals surface area (Å²) in [6.45, 7) is 3.03. The number of nitrogens with one attached hydrogen (secondary N) is 1. The molecule has 2 amide bonds. The summed E-state index contributed by atoms with van der Waals surface area (Å²) in [5.74, 6) is -0.140. The van der Waals surface area contributed by atoms with E-state index in [1.54, 1.807) is 54.3 Å². The molecule has 6 nitrogen and oxygen atoms in total. The van der Waals surface area contributed by atoms with Crippen molar-refractivity contribution in [3.05, 3.63) is 65.5 Å². The summed E-state index contributed by atoms with van der Waals surface area (Å²) in [6.07, 6.45) is 0.916. The quantitative estimate of drug-likeness (QED) is 0.742. The van der Waals surface area contributed by atoms with E-state index in [1.165, 1.54) is 6.07 Å². The highest BCUT2D eigenvalue weighted by molar-refractivity contribution is 5.82. The van der Waals surface area contributed by atoms with Crippen LogP contribution >= 0.6 is 0 Å². The second kappa shape index (κ2) is 10.6. The molecule has 1 aliphatic heterocycles. The third-order valence-corrected chi connectivity index (χ3v) is 5.45. The summed E-state index contributed by atoms with van der Waals surface area (Å²) >= 11 is 0. The van der Waals surface area contributed by atoms with Gasteiger partial charge in [0.2, 0.25) is 5.91 Å². The van der Waals surface area contributed by atoms with Crippen LogP contribution in [0.1, 0.15) is 30.9 Å². The number of carbonyl (C=O) groups is 2. The molecule has 1 atom stereocenters. The van der Waals surface area contributed by atoms with E-state index in [-0.39, 0.29) is 23.5 Å². The summed E-state index contributed by atoms with van der Waals surface area (Å²) in [6, 6.07) is 15.3. The predicted molar refractivity (Wildman–Crippen MR) is 114 cm³/mol. The zero-order valence-corrected chi connectivity index (χ0v) is 17.5. The molecule has 2 aromatic carbocycles. The van der Waals surface area contributed by atoms with Crippen molar-refractivity contribution in [2.75, 3.05) is 19.6 Å². The zero-order chi connectivity index (χ0) is 22.2. The molecule has 31 heavy (non-hydrogen) atoms. The number of benzene rings is 2. The molecule has 1 N–H and O–H groups in total. The first kappa shape index (κ1) is 22.3. The predicted octanol–water partition coefficient (Wildman–Crippen LogP) is 3.06. The molecule has 0 bridgehead atoms. The van der Waals surface area contributed by atoms with Crippen molar-refractivity contribution in [2.24, 2.45) is 5.92 Å². The van der Waals surface area contributed by atoms with Gasteiger partial charge in [0.15, 0.2) is 6.10 Å². The number of hydrogen-bond donors (Lipinski definition) is 1. The first-order valence-corrected chi connectivity index (χ1v) is 10.4. The molecule has 1 saturated heterocycles. The van der Waals surface area contributed by atoms with Crippen LogP contribution in [0, 0.1) is 23.1 Å². The maximum Gasteiger partial charge on any atom is 0.263 e. The number of nitriles is 1. The van der Waals surface area contributed by atoms with Crippen molar-refractivity contribution in [1.82, 2.24) is 10.2 Å². The maximum absolute atomic E-state index is 13.7. The number of likely N-dealkylation sites (tertiary alicyclic amines) is 1. The van der Waals surface area contributed by atoms with Crippen LogP contribution in [0.15, 0.2) is 48.5 Å². The number of nitrogens with zero attached hydrogens (tertiary/aromatic N) is 2. The van der Waals surface area contributed by atoms with Gasteiger partial charge in [-0.3, -0.25) is 9.59 Å². The van der Waals surface area contributed by atoms with Gasteiger partial charge in [-0.05, 0) is 56.0 Å². The van der Waals surface area contributed by atoms with Crippen molar-refractivity contribution in [3.63, 3.8) is 0 Å². The SMILES string of the molecule is CC(Oc1cccc(C#N)c1)C(=O)N1CCC(C(=O)NCCc2ccccc2F)CC1. The van der Waals surface area contributed by atoms with Crippen LogP contribution in [0.4, 0.5) is 4.39 Å². The van der Waals surface area contributed by atoms with E-state index in [4.69, 9.17) is 10.00 Å². The highest BCUT2D eigenvalue weighted by Gasteiger charge is 2.30. The number of ether oxygens (including phenoxy) is 1. The molecule has 0 aliphatic carbocycles. The molecule has 3 rings (SSSR count). The van der Waals surface area contributed by atoms with Gasteiger partial charge >= 0.3 is 0 Å². The standard InChI is InChI=1S/C24H26FN3O3/c1-17(31-21-7-4-5-18(15-21)16-26)24(30)28-13-10-20(11-14-28)23(29)27-12-9-19-6-2-3-8-22(19)25/h2-8,15,17,20H,9-14H2,1H3,(H,27,29). The Bertz CT molecular complexity index is 965. The Balaban J connectivity index is 1.42. The Hall–Kier alpha value is -3.40. The Morgan fingerprint density at radius 2 is 1.97 bits per heavy atom. The van der Waals surface area contributed by atoms with Crippen LogP contribution in [-0.4, -0.2) is 42.5 Å². The molecule has 1 aliphatic rings. The van der Waals surface area contributed by atoms with Crippen molar-refractivity contribution >= 4 is 11.8 Å². The van der Waals surface area contributed by atoms with E-state index in [2.05, 4.69) is 5.32 Å². The molecule has 7 heteroatoms. The fraction of sp³-hybridized carbons (Fsp3) is 0.375. The third kappa shape index (κ3) is 6.05. The largest absolute Gasteiger partial charge is 0.481 e. The Morgan fingerprint density at radius 3 is 2.68 bits per heavy atom. The van der Waals surface area contributed by atoms with Gasteiger partial charge in [-0.1, -0.05) is 24.3 Å². The highest BCUT2D eigenvalue weighted by atomic mass is 19.1. The van der Waals surface area contributed by atoms with Gasteiger partial charge in [-0.25, -0.2) is 4.39 Å². The number of piperidine rings is 1. The summed E-state index contributed by atoms with van der Waals surface area (Å²) < 4.78 is 19.4. The molecule has 0 radical (unpaired) electrons. The zero-order valence-electron chi connectivity index (χ0n) is 17.5. The first-order chi connectivity index (χ1) is 15.0. The normalized spacial score (nSPS) is 15.1. The van der Waals surface area contributed by atoms with Crippen LogP contribution in [0.2, 0.25) is 0 Å². The van der Waals surface area contributed by atoms with Gasteiger partial charge < -0.3 is 15.0 Å². The minimum absolute atomic E-state index is 0.0546. The average Bonchev–Trinajstić information content (AvgIpc) is 2.80. The highest BCUT2D eigenvalue weighted by Crippen LogP contribution is 2.20.